The standard InChI is InChI=1S/C13H12BF.C8H12N2O2/c1-14(11-7-3-2-4-8-11)12-9-5-6-10-13(12)15;1(8-11-5-6-12-8)3-10-4-2-9-7-10/h2-10H,1H3;2,4,7-8H,1,3,5-6H2. The normalized spacial score (nSPS) is 13.9. The number of nitrogens with zero attached hydrogens (tertiary/aromatic N) is 2. The molecule has 0 N–H and O–H groups in total. The first kappa shape index (κ1) is 19.3. The Hall–Kier alpha value is -2.44. The fraction of sp³-hybridized carbons (Fsp3) is 0.286. The van der Waals surface area contributed by atoms with E-state index < -0.39 is 0 Å². The van der Waals surface area contributed by atoms with Crippen LogP contribution in [-0.2, 0) is 16.0 Å². The van der Waals surface area contributed by atoms with E-state index in [1.807, 2.05) is 60.1 Å². The highest BCUT2D eigenvalue weighted by Gasteiger charge is 2.16. The molecule has 4 rings (SSSR count). The number of ether oxygens (including phenoxy) is 2. The lowest BCUT2D eigenvalue weighted by Gasteiger charge is -2.09. The first-order chi connectivity index (χ1) is 13.2. The van der Waals surface area contributed by atoms with Crippen LogP contribution in [0.25, 0.3) is 0 Å². The van der Waals surface area contributed by atoms with Crippen LogP contribution in [0.1, 0.15) is 6.42 Å². The van der Waals surface area contributed by atoms with Crippen LogP contribution >= 0.6 is 0 Å². The molecule has 4 nitrogen and oxygen atoms in total. The zero-order valence-electron chi connectivity index (χ0n) is 15.5. The summed E-state index contributed by atoms with van der Waals surface area (Å²) in [5.41, 5.74) is 1.89. The van der Waals surface area contributed by atoms with Gasteiger partial charge in [0.25, 0.3) is 0 Å². The van der Waals surface area contributed by atoms with Gasteiger partial charge in [-0.3, -0.25) is 0 Å². The topological polar surface area (TPSA) is 36.3 Å². The molecule has 2 aromatic carbocycles. The maximum Gasteiger partial charge on any atom is 0.210 e. The number of benzene rings is 2. The largest absolute Gasteiger partial charge is 0.350 e. The molecular formula is C21H24BFN2O2. The Morgan fingerprint density at radius 3 is 2.44 bits per heavy atom. The third kappa shape index (κ3) is 5.77. The second-order valence-corrected chi connectivity index (χ2v) is 6.41. The predicted octanol–water partition coefficient (Wildman–Crippen LogP) is 2.71. The molecule has 0 amide bonds. The molecule has 1 saturated heterocycles. The molecule has 2 heterocycles. The quantitative estimate of drug-likeness (QED) is 0.652. The molecule has 0 spiro atoms. The van der Waals surface area contributed by atoms with Gasteiger partial charge in [-0.2, -0.15) is 0 Å². The predicted molar refractivity (Wildman–Crippen MR) is 106 cm³/mol. The van der Waals surface area contributed by atoms with Gasteiger partial charge in [0.2, 0.25) is 6.71 Å². The van der Waals surface area contributed by atoms with Gasteiger partial charge in [0.15, 0.2) is 6.29 Å². The summed E-state index contributed by atoms with van der Waals surface area (Å²) in [6.45, 7) is 4.49. The van der Waals surface area contributed by atoms with Crippen molar-refractivity contribution in [1.82, 2.24) is 9.55 Å². The van der Waals surface area contributed by atoms with Crippen LogP contribution in [0, 0.1) is 5.82 Å². The molecule has 140 valence electrons. The van der Waals surface area contributed by atoms with E-state index in [1.54, 1.807) is 18.6 Å². The van der Waals surface area contributed by atoms with Gasteiger partial charge in [-0.1, -0.05) is 60.8 Å². The number of hydrogen-bond donors (Lipinski definition) is 0. The van der Waals surface area contributed by atoms with Gasteiger partial charge < -0.3 is 14.0 Å². The first-order valence-electron chi connectivity index (χ1n) is 9.22. The molecule has 0 atom stereocenters. The summed E-state index contributed by atoms with van der Waals surface area (Å²) in [6, 6.07) is 16.9. The molecule has 3 aromatic rings. The molecule has 6 heteroatoms. The third-order valence-electron chi connectivity index (χ3n) is 4.54. The maximum absolute atomic E-state index is 13.5. The summed E-state index contributed by atoms with van der Waals surface area (Å²) in [6.07, 6.45) is 6.41. The second kappa shape index (κ2) is 10.0. The monoisotopic (exact) mass is 366 g/mol. The lowest BCUT2D eigenvalue weighted by Crippen LogP contribution is -2.40. The number of aromatic nitrogens is 2. The summed E-state index contributed by atoms with van der Waals surface area (Å²) < 4.78 is 26.1. The summed E-state index contributed by atoms with van der Waals surface area (Å²) in [4.78, 5) is 3.95. The van der Waals surface area contributed by atoms with Crippen molar-refractivity contribution in [3.8, 4) is 0 Å². The average molecular weight is 366 g/mol. The first-order valence-corrected chi connectivity index (χ1v) is 9.22. The van der Waals surface area contributed by atoms with Gasteiger partial charge >= 0.3 is 0 Å². The van der Waals surface area contributed by atoms with Crippen LogP contribution in [0.2, 0.25) is 6.82 Å². The molecule has 0 saturated carbocycles. The number of rotatable bonds is 5. The Morgan fingerprint density at radius 2 is 1.78 bits per heavy atom. The van der Waals surface area contributed by atoms with E-state index in [0.717, 1.165) is 37.1 Å². The molecule has 0 bridgehead atoms. The third-order valence-corrected chi connectivity index (χ3v) is 4.54. The minimum absolute atomic E-state index is 0.00704. The lowest BCUT2D eigenvalue weighted by atomic mass is 9.42. The van der Waals surface area contributed by atoms with Gasteiger partial charge in [-0.25, -0.2) is 9.37 Å². The Morgan fingerprint density at radius 1 is 1.07 bits per heavy atom. The average Bonchev–Trinajstić information content (AvgIpc) is 3.41. The molecule has 1 aliphatic rings. The molecular weight excluding hydrogens is 342 g/mol. The van der Waals surface area contributed by atoms with Crippen molar-refractivity contribution in [2.75, 3.05) is 13.2 Å². The van der Waals surface area contributed by atoms with Gasteiger partial charge in [-0.05, 0) is 11.5 Å². The minimum Gasteiger partial charge on any atom is -0.350 e. The van der Waals surface area contributed by atoms with Crippen molar-refractivity contribution in [3.63, 3.8) is 0 Å². The fourth-order valence-corrected chi connectivity index (χ4v) is 2.99. The Balaban J connectivity index is 0.000000159. The Bertz CT molecular complexity index is 793. The van der Waals surface area contributed by atoms with E-state index in [1.165, 1.54) is 6.07 Å². The molecule has 1 fully saturated rings. The summed E-state index contributed by atoms with van der Waals surface area (Å²) >= 11 is 0. The second-order valence-electron chi connectivity index (χ2n) is 6.41. The highest BCUT2D eigenvalue weighted by molar-refractivity contribution is 6.84. The Kier molecular flexibility index (Phi) is 7.19. The van der Waals surface area contributed by atoms with E-state index in [4.69, 9.17) is 9.47 Å². The van der Waals surface area contributed by atoms with Gasteiger partial charge in [-0.15, -0.1) is 0 Å². The highest BCUT2D eigenvalue weighted by atomic mass is 19.1. The fourth-order valence-electron chi connectivity index (χ4n) is 2.99. The van der Waals surface area contributed by atoms with Crippen molar-refractivity contribution in [2.24, 2.45) is 0 Å². The number of halogens is 1. The lowest BCUT2D eigenvalue weighted by molar-refractivity contribution is -0.0490. The number of hydrogen-bond acceptors (Lipinski definition) is 3. The Labute approximate surface area is 160 Å². The van der Waals surface area contributed by atoms with Crippen molar-refractivity contribution >= 4 is 17.6 Å². The van der Waals surface area contributed by atoms with Crippen LogP contribution in [0.3, 0.4) is 0 Å². The van der Waals surface area contributed by atoms with Crippen molar-refractivity contribution in [1.29, 1.82) is 0 Å². The van der Waals surface area contributed by atoms with Gasteiger partial charge in [0.1, 0.15) is 5.82 Å². The van der Waals surface area contributed by atoms with Gasteiger partial charge in [0.05, 0.1) is 19.5 Å². The van der Waals surface area contributed by atoms with E-state index in [0.29, 0.717) is 0 Å². The highest BCUT2D eigenvalue weighted by Crippen LogP contribution is 2.08. The summed E-state index contributed by atoms with van der Waals surface area (Å²) in [5.74, 6) is -0.131. The SMILES string of the molecule is CB(c1ccccc1)c1ccccc1F.c1cn(CCC2OCCO2)cn1. The van der Waals surface area contributed by atoms with E-state index in [2.05, 4.69) is 4.98 Å². The molecule has 0 aliphatic carbocycles. The van der Waals surface area contributed by atoms with E-state index in [9.17, 15) is 4.39 Å². The molecule has 0 unspecified atom stereocenters. The number of imidazole rings is 1. The van der Waals surface area contributed by atoms with Crippen LogP contribution in [-0.4, -0.2) is 35.8 Å². The van der Waals surface area contributed by atoms with Crippen LogP contribution in [0.15, 0.2) is 73.3 Å². The van der Waals surface area contributed by atoms with Gasteiger partial charge in [0, 0.05) is 25.4 Å². The zero-order valence-corrected chi connectivity index (χ0v) is 15.5. The van der Waals surface area contributed by atoms with Crippen molar-refractivity contribution < 1.29 is 13.9 Å². The van der Waals surface area contributed by atoms with Crippen LogP contribution in [0.5, 0.6) is 0 Å². The zero-order chi connectivity index (χ0) is 18.9. The maximum atomic E-state index is 13.5. The molecule has 1 aliphatic heterocycles. The van der Waals surface area contributed by atoms with E-state index in [-0.39, 0.29) is 18.8 Å². The summed E-state index contributed by atoms with van der Waals surface area (Å²) in [7, 11) is 0. The molecule has 27 heavy (non-hydrogen) atoms. The molecule has 0 radical (unpaired) electrons. The smallest absolute Gasteiger partial charge is 0.210 e. The number of aryl methyl sites for hydroxylation is 1. The summed E-state index contributed by atoms with van der Waals surface area (Å²) in [5, 5.41) is 0. The van der Waals surface area contributed by atoms with E-state index >= 15 is 0 Å². The van der Waals surface area contributed by atoms with Crippen molar-refractivity contribution in [2.45, 2.75) is 26.1 Å². The van der Waals surface area contributed by atoms with Crippen LogP contribution < -0.4 is 10.9 Å². The molecule has 1 aromatic heterocycles. The van der Waals surface area contributed by atoms with Crippen molar-refractivity contribution in [3.05, 3.63) is 79.1 Å². The minimum atomic E-state index is -0.131. The van der Waals surface area contributed by atoms with Crippen LogP contribution in [0.4, 0.5) is 4.39 Å².